The first kappa shape index (κ1) is 13.7. The molecular weight excluding hydrogens is 250 g/mol. The van der Waals surface area contributed by atoms with E-state index in [4.69, 9.17) is 10.5 Å². The Labute approximate surface area is 110 Å². The van der Waals surface area contributed by atoms with E-state index in [-0.39, 0.29) is 24.0 Å². The van der Waals surface area contributed by atoms with Gasteiger partial charge in [-0.2, -0.15) is 0 Å². The normalized spacial score (nSPS) is 20.4. The summed E-state index contributed by atoms with van der Waals surface area (Å²) in [6.45, 7) is 2.20. The lowest BCUT2D eigenvalue weighted by Crippen LogP contribution is -2.46. The molecule has 3 N–H and O–H groups in total. The van der Waals surface area contributed by atoms with Crippen molar-refractivity contribution in [2.75, 3.05) is 32.1 Å². The summed E-state index contributed by atoms with van der Waals surface area (Å²) >= 11 is 0. The van der Waals surface area contributed by atoms with Crippen LogP contribution in [0.25, 0.3) is 0 Å². The van der Waals surface area contributed by atoms with Crippen molar-refractivity contribution in [1.29, 1.82) is 0 Å². The Morgan fingerprint density at radius 1 is 1.58 bits per heavy atom. The number of hydrogen-bond acceptors (Lipinski definition) is 6. The Balaban J connectivity index is 2.18. The fourth-order valence-electron chi connectivity index (χ4n) is 2.18. The van der Waals surface area contributed by atoms with Crippen LogP contribution in [0.1, 0.15) is 5.56 Å². The number of para-hydroxylation sites is 1. The molecule has 1 aliphatic rings. The van der Waals surface area contributed by atoms with Crippen LogP contribution in [0.4, 0.5) is 11.4 Å². The van der Waals surface area contributed by atoms with Crippen molar-refractivity contribution in [3.63, 3.8) is 0 Å². The number of aliphatic hydroxyl groups excluding tert-OH is 1. The minimum Gasteiger partial charge on any atom is -0.395 e. The van der Waals surface area contributed by atoms with Gasteiger partial charge in [0.2, 0.25) is 0 Å². The van der Waals surface area contributed by atoms with Crippen LogP contribution in [0.15, 0.2) is 18.2 Å². The molecule has 7 nitrogen and oxygen atoms in total. The number of morpholine rings is 1. The fourth-order valence-corrected chi connectivity index (χ4v) is 2.18. The van der Waals surface area contributed by atoms with E-state index in [0.29, 0.717) is 31.9 Å². The molecule has 0 amide bonds. The Kier molecular flexibility index (Phi) is 4.31. The van der Waals surface area contributed by atoms with Gasteiger partial charge in [0.05, 0.1) is 30.8 Å². The SMILES string of the molecule is Nc1c(CN2CCOCC2CO)cccc1[N+](=O)[O-]. The highest BCUT2D eigenvalue weighted by molar-refractivity contribution is 5.62. The molecule has 1 unspecified atom stereocenters. The quantitative estimate of drug-likeness (QED) is 0.464. The maximum Gasteiger partial charge on any atom is 0.292 e. The van der Waals surface area contributed by atoms with Crippen LogP contribution in [0.2, 0.25) is 0 Å². The second-order valence-corrected chi connectivity index (χ2v) is 4.49. The minimum atomic E-state index is -0.484. The molecule has 0 bridgehead atoms. The highest BCUT2D eigenvalue weighted by Gasteiger charge is 2.24. The fraction of sp³-hybridized carbons (Fsp3) is 0.500. The molecule has 0 saturated carbocycles. The molecule has 1 atom stereocenters. The number of ether oxygens (including phenoxy) is 1. The summed E-state index contributed by atoms with van der Waals surface area (Å²) in [6.07, 6.45) is 0. The van der Waals surface area contributed by atoms with Crippen LogP contribution < -0.4 is 5.73 Å². The average Bonchev–Trinajstić information content (AvgIpc) is 2.41. The van der Waals surface area contributed by atoms with Crippen LogP contribution in [0.5, 0.6) is 0 Å². The Bertz CT molecular complexity index is 466. The molecule has 1 aliphatic heterocycles. The smallest absolute Gasteiger partial charge is 0.292 e. The predicted octanol–water partition coefficient (Wildman–Crippen LogP) is 0.370. The molecule has 19 heavy (non-hydrogen) atoms. The Hall–Kier alpha value is -1.70. The van der Waals surface area contributed by atoms with Gasteiger partial charge in [0.15, 0.2) is 0 Å². The summed E-state index contributed by atoms with van der Waals surface area (Å²) in [5.74, 6) is 0. The molecule has 1 saturated heterocycles. The van der Waals surface area contributed by atoms with E-state index in [9.17, 15) is 15.2 Å². The van der Waals surface area contributed by atoms with Gasteiger partial charge in [-0.05, 0) is 5.56 Å². The second-order valence-electron chi connectivity index (χ2n) is 4.49. The number of nitrogens with two attached hydrogens (primary N) is 1. The van der Waals surface area contributed by atoms with Gasteiger partial charge in [-0.3, -0.25) is 15.0 Å². The first-order chi connectivity index (χ1) is 9.13. The predicted molar refractivity (Wildman–Crippen MR) is 69.6 cm³/mol. The molecule has 104 valence electrons. The highest BCUT2D eigenvalue weighted by Crippen LogP contribution is 2.26. The summed E-state index contributed by atoms with van der Waals surface area (Å²) in [5, 5.41) is 20.1. The van der Waals surface area contributed by atoms with Crippen LogP contribution in [-0.4, -0.2) is 47.3 Å². The van der Waals surface area contributed by atoms with E-state index in [1.807, 2.05) is 4.90 Å². The van der Waals surface area contributed by atoms with Gasteiger partial charge in [0.25, 0.3) is 5.69 Å². The van der Waals surface area contributed by atoms with Gasteiger partial charge < -0.3 is 15.6 Å². The van der Waals surface area contributed by atoms with Crippen LogP contribution in [0.3, 0.4) is 0 Å². The van der Waals surface area contributed by atoms with Gasteiger partial charge in [0, 0.05) is 19.2 Å². The van der Waals surface area contributed by atoms with Crippen molar-refractivity contribution in [2.45, 2.75) is 12.6 Å². The van der Waals surface area contributed by atoms with E-state index >= 15 is 0 Å². The molecule has 0 spiro atoms. The van der Waals surface area contributed by atoms with Crippen molar-refractivity contribution >= 4 is 11.4 Å². The summed E-state index contributed by atoms with van der Waals surface area (Å²) in [5.41, 5.74) is 6.64. The molecule has 2 rings (SSSR count). The third-order valence-corrected chi connectivity index (χ3v) is 3.30. The Morgan fingerprint density at radius 3 is 3.05 bits per heavy atom. The molecule has 0 radical (unpaired) electrons. The van der Waals surface area contributed by atoms with Gasteiger partial charge in [-0.25, -0.2) is 0 Å². The maximum absolute atomic E-state index is 10.8. The van der Waals surface area contributed by atoms with Crippen LogP contribution in [0, 0.1) is 10.1 Å². The maximum atomic E-state index is 10.8. The van der Waals surface area contributed by atoms with Gasteiger partial charge in [-0.1, -0.05) is 12.1 Å². The first-order valence-electron chi connectivity index (χ1n) is 6.08. The topological polar surface area (TPSA) is 102 Å². The zero-order chi connectivity index (χ0) is 13.8. The number of aliphatic hydroxyl groups is 1. The summed E-state index contributed by atoms with van der Waals surface area (Å²) in [7, 11) is 0. The van der Waals surface area contributed by atoms with Crippen molar-refractivity contribution in [3.8, 4) is 0 Å². The first-order valence-corrected chi connectivity index (χ1v) is 6.08. The Morgan fingerprint density at radius 2 is 2.37 bits per heavy atom. The largest absolute Gasteiger partial charge is 0.395 e. The summed E-state index contributed by atoms with van der Waals surface area (Å²) < 4.78 is 5.29. The number of nitrogens with zero attached hydrogens (tertiary/aromatic N) is 2. The number of nitro benzene ring substituents is 1. The average molecular weight is 267 g/mol. The van der Waals surface area contributed by atoms with Gasteiger partial charge in [-0.15, -0.1) is 0 Å². The lowest BCUT2D eigenvalue weighted by molar-refractivity contribution is -0.384. The van der Waals surface area contributed by atoms with E-state index in [2.05, 4.69) is 0 Å². The number of nitro groups is 1. The highest BCUT2D eigenvalue weighted by atomic mass is 16.6. The van der Waals surface area contributed by atoms with Crippen molar-refractivity contribution < 1.29 is 14.8 Å². The van der Waals surface area contributed by atoms with E-state index < -0.39 is 4.92 Å². The van der Waals surface area contributed by atoms with E-state index in [1.54, 1.807) is 12.1 Å². The summed E-state index contributed by atoms with van der Waals surface area (Å²) in [4.78, 5) is 12.4. The number of hydrogen-bond donors (Lipinski definition) is 2. The standard InChI is InChI=1S/C12H17N3O4/c13-12-9(2-1-3-11(12)15(17)18)6-14-4-5-19-8-10(14)7-16/h1-3,10,16H,4-8,13H2. The van der Waals surface area contributed by atoms with Crippen molar-refractivity contribution in [2.24, 2.45) is 0 Å². The van der Waals surface area contributed by atoms with Crippen molar-refractivity contribution in [1.82, 2.24) is 4.90 Å². The number of rotatable bonds is 4. The van der Waals surface area contributed by atoms with Crippen molar-refractivity contribution in [3.05, 3.63) is 33.9 Å². The van der Waals surface area contributed by atoms with Gasteiger partial charge >= 0.3 is 0 Å². The molecule has 0 aliphatic carbocycles. The number of benzene rings is 1. The monoisotopic (exact) mass is 267 g/mol. The van der Waals surface area contributed by atoms with Crippen LogP contribution in [-0.2, 0) is 11.3 Å². The zero-order valence-corrected chi connectivity index (χ0v) is 10.5. The minimum absolute atomic E-state index is 0.00513. The molecule has 0 aromatic heterocycles. The lowest BCUT2D eigenvalue weighted by Gasteiger charge is -2.34. The van der Waals surface area contributed by atoms with E-state index in [1.165, 1.54) is 6.07 Å². The lowest BCUT2D eigenvalue weighted by atomic mass is 10.1. The molecule has 1 fully saturated rings. The third kappa shape index (κ3) is 3.01. The van der Waals surface area contributed by atoms with E-state index in [0.717, 1.165) is 0 Å². The molecule has 1 aromatic rings. The van der Waals surface area contributed by atoms with Crippen LogP contribution >= 0.6 is 0 Å². The molecule has 7 heteroatoms. The van der Waals surface area contributed by atoms with Gasteiger partial charge in [0.1, 0.15) is 5.69 Å². The molecular formula is C12H17N3O4. The molecule has 1 aromatic carbocycles. The summed E-state index contributed by atoms with van der Waals surface area (Å²) in [6, 6.07) is 4.69. The number of nitrogen functional groups attached to an aromatic ring is 1. The third-order valence-electron chi connectivity index (χ3n) is 3.30. The second kappa shape index (κ2) is 5.96. The number of anilines is 1. The molecule has 1 heterocycles. The zero-order valence-electron chi connectivity index (χ0n) is 10.5.